The molecule has 3 N–H and O–H groups in total. The van der Waals surface area contributed by atoms with E-state index in [9.17, 15) is 0 Å². The molecule has 1 aliphatic heterocycles. The zero-order valence-electron chi connectivity index (χ0n) is 7.68. The summed E-state index contributed by atoms with van der Waals surface area (Å²) >= 11 is 0. The van der Waals surface area contributed by atoms with Crippen LogP contribution in [0.2, 0.25) is 0 Å². The van der Waals surface area contributed by atoms with Crippen molar-refractivity contribution >= 4 is 0 Å². The maximum Gasteiger partial charge on any atom is 0.0594 e. The largest absolute Gasteiger partial charge is 0.378 e. The number of hydrogen-bond acceptors (Lipinski definition) is 3. The maximum atomic E-state index is 5.50. The number of hydrazine groups is 1. The second-order valence-corrected chi connectivity index (χ2v) is 3.44. The molecule has 1 fully saturated rings. The molecule has 0 aromatic rings. The van der Waals surface area contributed by atoms with Gasteiger partial charge in [0, 0.05) is 12.6 Å². The third-order valence-corrected chi connectivity index (χ3v) is 2.32. The number of nitrogens with two attached hydrogens (primary N) is 1. The van der Waals surface area contributed by atoms with Crippen LogP contribution < -0.4 is 11.3 Å². The summed E-state index contributed by atoms with van der Waals surface area (Å²) in [7, 11) is 0. The fourth-order valence-corrected chi connectivity index (χ4v) is 1.50. The van der Waals surface area contributed by atoms with Gasteiger partial charge in [0.05, 0.1) is 6.10 Å². The predicted octanol–water partition coefficient (Wildman–Crippen LogP) is 0.964. The highest BCUT2D eigenvalue weighted by atomic mass is 16.5. The smallest absolute Gasteiger partial charge is 0.0594 e. The van der Waals surface area contributed by atoms with E-state index in [0.29, 0.717) is 6.10 Å². The number of rotatable bonds is 4. The molecule has 0 amide bonds. The van der Waals surface area contributed by atoms with E-state index in [-0.39, 0.29) is 6.04 Å². The van der Waals surface area contributed by atoms with E-state index in [1.54, 1.807) is 0 Å². The molecule has 0 aliphatic carbocycles. The van der Waals surface area contributed by atoms with E-state index in [2.05, 4.69) is 12.0 Å². The molecule has 0 bridgehead atoms. The van der Waals surface area contributed by atoms with E-state index in [1.807, 2.05) is 6.92 Å². The van der Waals surface area contributed by atoms with Crippen molar-refractivity contribution in [1.82, 2.24) is 5.43 Å². The van der Waals surface area contributed by atoms with Crippen LogP contribution in [0.3, 0.4) is 0 Å². The molecule has 1 heterocycles. The average Bonchev–Trinajstić information content (AvgIpc) is 2.51. The maximum absolute atomic E-state index is 5.50. The highest BCUT2D eigenvalue weighted by molar-refractivity contribution is 5.01. The lowest BCUT2D eigenvalue weighted by molar-refractivity contribution is 0.0978. The van der Waals surface area contributed by atoms with Crippen LogP contribution in [0.15, 0.2) is 12.2 Å². The van der Waals surface area contributed by atoms with Crippen LogP contribution in [-0.4, -0.2) is 18.8 Å². The van der Waals surface area contributed by atoms with E-state index in [4.69, 9.17) is 10.6 Å². The summed E-state index contributed by atoms with van der Waals surface area (Å²) in [5, 5.41) is 0. The Hall–Kier alpha value is -0.380. The highest BCUT2D eigenvalue weighted by Gasteiger charge is 2.20. The molecule has 2 unspecified atom stereocenters. The first-order valence-corrected chi connectivity index (χ1v) is 4.47. The van der Waals surface area contributed by atoms with E-state index >= 15 is 0 Å². The van der Waals surface area contributed by atoms with Gasteiger partial charge in [0.2, 0.25) is 0 Å². The first kappa shape index (κ1) is 9.71. The van der Waals surface area contributed by atoms with Crippen molar-refractivity contribution in [1.29, 1.82) is 0 Å². The van der Waals surface area contributed by atoms with E-state index < -0.39 is 0 Å². The molecule has 0 aromatic heterocycles. The summed E-state index contributed by atoms with van der Waals surface area (Å²) < 4.78 is 5.50. The van der Waals surface area contributed by atoms with Crippen LogP contribution in [0.5, 0.6) is 0 Å². The van der Waals surface area contributed by atoms with Gasteiger partial charge in [-0.05, 0) is 26.2 Å². The summed E-state index contributed by atoms with van der Waals surface area (Å²) in [5.74, 6) is 5.39. The van der Waals surface area contributed by atoms with Gasteiger partial charge in [-0.3, -0.25) is 11.3 Å². The summed E-state index contributed by atoms with van der Waals surface area (Å²) in [6, 6.07) is 0.202. The van der Waals surface area contributed by atoms with Gasteiger partial charge in [0.1, 0.15) is 0 Å². The SMILES string of the molecule is C=C(C)C(CC1CCCO1)NN. The molecule has 0 saturated carbocycles. The Bertz CT molecular complexity index is 153. The Morgan fingerprint density at radius 2 is 2.58 bits per heavy atom. The first-order valence-electron chi connectivity index (χ1n) is 4.47. The third kappa shape index (κ3) is 2.59. The molecule has 0 aromatic carbocycles. The zero-order valence-corrected chi connectivity index (χ0v) is 7.68. The van der Waals surface area contributed by atoms with Crippen molar-refractivity contribution < 1.29 is 4.74 Å². The Kier molecular flexibility index (Phi) is 3.72. The van der Waals surface area contributed by atoms with Crippen LogP contribution >= 0.6 is 0 Å². The molecule has 3 nitrogen and oxygen atoms in total. The zero-order chi connectivity index (χ0) is 8.97. The van der Waals surface area contributed by atoms with Gasteiger partial charge in [0.25, 0.3) is 0 Å². The summed E-state index contributed by atoms with van der Waals surface area (Å²) in [5.41, 5.74) is 3.83. The van der Waals surface area contributed by atoms with Crippen molar-refractivity contribution in [3.63, 3.8) is 0 Å². The highest BCUT2D eigenvalue weighted by Crippen LogP contribution is 2.18. The van der Waals surface area contributed by atoms with Gasteiger partial charge in [-0.2, -0.15) is 0 Å². The Balaban J connectivity index is 2.30. The lowest BCUT2D eigenvalue weighted by Gasteiger charge is -2.19. The molecule has 1 saturated heterocycles. The van der Waals surface area contributed by atoms with Gasteiger partial charge in [0.15, 0.2) is 0 Å². The molecule has 3 heteroatoms. The van der Waals surface area contributed by atoms with Crippen LogP contribution in [0.1, 0.15) is 26.2 Å². The Morgan fingerprint density at radius 3 is 3.00 bits per heavy atom. The van der Waals surface area contributed by atoms with Gasteiger partial charge < -0.3 is 4.74 Å². The van der Waals surface area contributed by atoms with Crippen molar-refractivity contribution in [3.05, 3.63) is 12.2 Å². The number of hydrogen-bond donors (Lipinski definition) is 2. The van der Waals surface area contributed by atoms with E-state index in [0.717, 1.165) is 25.0 Å². The fourth-order valence-electron chi connectivity index (χ4n) is 1.50. The van der Waals surface area contributed by atoms with Gasteiger partial charge in [-0.15, -0.1) is 0 Å². The molecule has 12 heavy (non-hydrogen) atoms. The van der Waals surface area contributed by atoms with Crippen molar-refractivity contribution in [3.8, 4) is 0 Å². The second-order valence-electron chi connectivity index (χ2n) is 3.44. The monoisotopic (exact) mass is 170 g/mol. The minimum absolute atomic E-state index is 0.202. The third-order valence-electron chi connectivity index (χ3n) is 2.32. The number of nitrogens with one attached hydrogen (secondary N) is 1. The van der Waals surface area contributed by atoms with Crippen LogP contribution in [-0.2, 0) is 4.74 Å². The average molecular weight is 170 g/mol. The number of ether oxygens (including phenoxy) is 1. The normalized spacial score (nSPS) is 25.7. The molecule has 1 rings (SSSR count). The van der Waals surface area contributed by atoms with Crippen molar-refractivity contribution in [2.45, 2.75) is 38.3 Å². The summed E-state index contributed by atoms with van der Waals surface area (Å²) in [4.78, 5) is 0. The van der Waals surface area contributed by atoms with Crippen LogP contribution in [0, 0.1) is 0 Å². The van der Waals surface area contributed by atoms with Gasteiger partial charge in [-0.25, -0.2) is 0 Å². The lowest BCUT2D eigenvalue weighted by Crippen LogP contribution is -2.38. The Morgan fingerprint density at radius 1 is 1.83 bits per heavy atom. The van der Waals surface area contributed by atoms with Crippen LogP contribution in [0.25, 0.3) is 0 Å². The van der Waals surface area contributed by atoms with Gasteiger partial charge >= 0.3 is 0 Å². The second kappa shape index (κ2) is 4.60. The molecule has 2 atom stereocenters. The van der Waals surface area contributed by atoms with Gasteiger partial charge in [-0.1, -0.05) is 12.2 Å². The minimum Gasteiger partial charge on any atom is -0.378 e. The first-order chi connectivity index (χ1) is 5.74. The molecule has 1 aliphatic rings. The Labute approximate surface area is 73.9 Å². The molecule has 70 valence electrons. The molecule has 0 radical (unpaired) electrons. The minimum atomic E-state index is 0.202. The topological polar surface area (TPSA) is 47.3 Å². The molecular formula is C9H18N2O. The van der Waals surface area contributed by atoms with Crippen LogP contribution in [0.4, 0.5) is 0 Å². The van der Waals surface area contributed by atoms with E-state index in [1.165, 1.54) is 6.42 Å². The van der Waals surface area contributed by atoms with Crippen molar-refractivity contribution in [2.75, 3.05) is 6.61 Å². The molecule has 0 spiro atoms. The summed E-state index contributed by atoms with van der Waals surface area (Å²) in [6.45, 7) is 6.76. The fraction of sp³-hybridized carbons (Fsp3) is 0.778. The van der Waals surface area contributed by atoms with Crippen molar-refractivity contribution in [2.24, 2.45) is 5.84 Å². The quantitative estimate of drug-likeness (QED) is 0.375. The standard InChI is InChI=1S/C9H18N2O/c1-7(2)9(11-10)6-8-4-3-5-12-8/h8-9,11H,1,3-6,10H2,2H3. The summed E-state index contributed by atoms with van der Waals surface area (Å²) in [6.07, 6.45) is 3.66. The predicted molar refractivity (Wildman–Crippen MR) is 49.5 cm³/mol. The molecular weight excluding hydrogens is 152 g/mol. The lowest BCUT2D eigenvalue weighted by atomic mass is 10.0.